The standard InChI is InChI=1S/C19H17N3O2/c1-11-17-19(22-21-11)15-8-7-14(24-3)10-16(15)18(20-17)12-5-4-6-13(9-12)23-2/h4-10H,1-3H3,(H,21,22). The van der Waals surface area contributed by atoms with E-state index in [4.69, 9.17) is 14.5 Å². The van der Waals surface area contributed by atoms with Crippen molar-refractivity contribution in [1.82, 2.24) is 15.2 Å². The molecule has 24 heavy (non-hydrogen) atoms. The number of nitrogens with one attached hydrogen (secondary N) is 1. The van der Waals surface area contributed by atoms with E-state index in [0.29, 0.717) is 0 Å². The highest BCUT2D eigenvalue weighted by Crippen LogP contribution is 2.35. The van der Waals surface area contributed by atoms with Crippen LogP contribution in [0.2, 0.25) is 0 Å². The molecule has 0 amide bonds. The highest BCUT2D eigenvalue weighted by molar-refractivity contribution is 6.10. The molecule has 0 atom stereocenters. The molecule has 0 aliphatic carbocycles. The molecule has 0 bridgehead atoms. The third-order valence-electron chi connectivity index (χ3n) is 4.23. The van der Waals surface area contributed by atoms with Crippen molar-refractivity contribution in [2.45, 2.75) is 6.92 Å². The number of pyridine rings is 1. The van der Waals surface area contributed by atoms with Gasteiger partial charge in [0, 0.05) is 16.3 Å². The first-order valence-electron chi connectivity index (χ1n) is 7.68. The second-order valence-electron chi connectivity index (χ2n) is 5.64. The van der Waals surface area contributed by atoms with Crippen LogP contribution < -0.4 is 9.47 Å². The number of aromatic amines is 1. The minimum absolute atomic E-state index is 0.795. The van der Waals surface area contributed by atoms with Gasteiger partial charge in [0.25, 0.3) is 0 Å². The van der Waals surface area contributed by atoms with E-state index >= 15 is 0 Å². The fraction of sp³-hybridized carbons (Fsp3) is 0.158. The smallest absolute Gasteiger partial charge is 0.119 e. The normalized spacial score (nSPS) is 11.1. The number of benzene rings is 2. The van der Waals surface area contributed by atoms with Crippen LogP contribution in [-0.2, 0) is 0 Å². The van der Waals surface area contributed by atoms with Crippen molar-refractivity contribution in [1.29, 1.82) is 0 Å². The number of aromatic nitrogens is 3. The highest BCUT2D eigenvalue weighted by atomic mass is 16.5. The first-order valence-corrected chi connectivity index (χ1v) is 7.68. The van der Waals surface area contributed by atoms with E-state index in [1.165, 1.54) is 0 Å². The van der Waals surface area contributed by atoms with Crippen molar-refractivity contribution in [3.05, 3.63) is 48.2 Å². The van der Waals surface area contributed by atoms with Crippen molar-refractivity contribution in [2.24, 2.45) is 0 Å². The fourth-order valence-electron chi connectivity index (χ4n) is 2.98. The Bertz CT molecular complexity index is 1050. The van der Waals surface area contributed by atoms with Crippen LogP contribution in [-0.4, -0.2) is 29.4 Å². The molecule has 0 spiro atoms. The van der Waals surface area contributed by atoms with Crippen LogP contribution in [0.25, 0.3) is 33.1 Å². The Balaban J connectivity index is 2.12. The summed E-state index contributed by atoms with van der Waals surface area (Å²) in [5.41, 5.74) is 4.59. The molecule has 2 aromatic carbocycles. The van der Waals surface area contributed by atoms with Crippen LogP contribution in [0.3, 0.4) is 0 Å². The fourth-order valence-corrected chi connectivity index (χ4v) is 2.98. The van der Waals surface area contributed by atoms with Gasteiger partial charge < -0.3 is 9.47 Å². The summed E-state index contributed by atoms with van der Waals surface area (Å²) in [5, 5.41) is 9.49. The Hall–Kier alpha value is -3.08. The quantitative estimate of drug-likeness (QED) is 0.617. The minimum Gasteiger partial charge on any atom is -0.497 e. The Labute approximate surface area is 139 Å². The summed E-state index contributed by atoms with van der Waals surface area (Å²) < 4.78 is 10.8. The van der Waals surface area contributed by atoms with Crippen molar-refractivity contribution >= 4 is 21.8 Å². The lowest BCUT2D eigenvalue weighted by molar-refractivity contribution is 0.415. The zero-order valence-corrected chi connectivity index (χ0v) is 13.8. The molecule has 5 nitrogen and oxygen atoms in total. The second-order valence-corrected chi connectivity index (χ2v) is 5.64. The van der Waals surface area contributed by atoms with Gasteiger partial charge in [-0.25, -0.2) is 4.98 Å². The molecule has 120 valence electrons. The van der Waals surface area contributed by atoms with Gasteiger partial charge in [-0.2, -0.15) is 5.10 Å². The topological polar surface area (TPSA) is 60.0 Å². The predicted octanol–water partition coefficient (Wildman–Crippen LogP) is 4.10. The summed E-state index contributed by atoms with van der Waals surface area (Å²) in [5.74, 6) is 1.60. The SMILES string of the molecule is COc1cccc(-c2nc3c(C)n[nH]c3c3ccc(OC)cc23)c1. The molecule has 0 aliphatic heterocycles. The molecule has 1 N–H and O–H groups in total. The van der Waals surface area contributed by atoms with Gasteiger partial charge in [-0.15, -0.1) is 0 Å². The van der Waals surface area contributed by atoms with Gasteiger partial charge in [0.15, 0.2) is 0 Å². The van der Waals surface area contributed by atoms with Crippen molar-refractivity contribution < 1.29 is 9.47 Å². The summed E-state index contributed by atoms with van der Waals surface area (Å²) in [6, 6.07) is 13.9. The molecule has 0 aliphatic rings. The number of nitrogens with zero attached hydrogens (tertiary/aromatic N) is 2. The monoisotopic (exact) mass is 319 g/mol. The van der Waals surface area contributed by atoms with Gasteiger partial charge in [-0.3, -0.25) is 5.10 Å². The van der Waals surface area contributed by atoms with E-state index in [9.17, 15) is 0 Å². The maximum Gasteiger partial charge on any atom is 0.119 e. The van der Waals surface area contributed by atoms with Gasteiger partial charge >= 0.3 is 0 Å². The predicted molar refractivity (Wildman–Crippen MR) is 94.7 cm³/mol. The first kappa shape index (κ1) is 14.5. The van der Waals surface area contributed by atoms with Gasteiger partial charge in [-0.05, 0) is 37.3 Å². The summed E-state index contributed by atoms with van der Waals surface area (Å²) >= 11 is 0. The number of hydrogen-bond acceptors (Lipinski definition) is 4. The zero-order chi connectivity index (χ0) is 16.7. The third kappa shape index (κ3) is 2.17. The van der Waals surface area contributed by atoms with E-state index in [1.807, 2.05) is 49.4 Å². The van der Waals surface area contributed by atoms with Crippen LogP contribution >= 0.6 is 0 Å². The van der Waals surface area contributed by atoms with Crippen molar-refractivity contribution in [3.63, 3.8) is 0 Å². The largest absolute Gasteiger partial charge is 0.497 e. The van der Waals surface area contributed by atoms with Gasteiger partial charge in [0.05, 0.1) is 31.1 Å². The van der Waals surface area contributed by atoms with Gasteiger partial charge in [0.2, 0.25) is 0 Å². The first-order chi connectivity index (χ1) is 11.7. The van der Waals surface area contributed by atoms with Crippen molar-refractivity contribution in [2.75, 3.05) is 14.2 Å². The molecule has 0 radical (unpaired) electrons. The van der Waals surface area contributed by atoms with Crippen molar-refractivity contribution in [3.8, 4) is 22.8 Å². The maximum absolute atomic E-state index is 5.40. The molecule has 2 aromatic heterocycles. The lowest BCUT2D eigenvalue weighted by Gasteiger charge is -2.10. The summed E-state index contributed by atoms with van der Waals surface area (Å²) in [4.78, 5) is 4.88. The molecule has 4 aromatic rings. The minimum atomic E-state index is 0.795. The molecule has 4 rings (SSSR count). The van der Waals surface area contributed by atoms with E-state index < -0.39 is 0 Å². The molecule has 0 fully saturated rings. The number of rotatable bonds is 3. The van der Waals surface area contributed by atoms with Crippen LogP contribution in [0.5, 0.6) is 11.5 Å². The number of H-pyrrole nitrogens is 1. The Morgan fingerprint density at radius 1 is 0.917 bits per heavy atom. The van der Waals surface area contributed by atoms with E-state index in [0.717, 1.165) is 50.3 Å². The average Bonchev–Trinajstić information content (AvgIpc) is 3.01. The number of fused-ring (bicyclic) bond motifs is 3. The van der Waals surface area contributed by atoms with Gasteiger partial charge in [-0.1, -0.05) is 12.1 Å². The van der Waals surface area contributed by atoms with Crippen LogP contribution in [0.4, 0.5) is 0 Å². The van der Waals surface area contributed by atoms with Crippen LogP contribution in [0, 0.1) is 6.92 Å². The zero-order valence-electron chi connectivity index (χ0n) is 13.8. The van der Waals surface area contributed by atoms with E-state index in [1.54, 1.807) is 14.2 Å². The van der Waals surface area contributed by atoms with Gasteiger partial charge in [0.1, 0.15) is 17.0 Å². The summed E-state index contributed by atoms with van der Waals surface area (Å²) in [7, 11) is 3.33. The molecule has 0 unspecified atom stereocenters. The lowest BCUT2D eigenvalue weighted by atomic mass is 10.0. The van der Waals surface area contributed by atoms with E-state index in [2.05, 4.69) is 10.2 Å². The molecule has 0 saturated heterocycles. The maximum atomic E-state index is 5.40. The third-order valence-corrected chi connectivity index (χ3v) is 4.23. The number of methoxy groups -OCH3 is 2. The summed E-state index contributed by atoms with van der Waals surface area (Å²) in [6.45, 7) is 1.95. The van der Waals surface area contributed by atoms with Crippen LogP contribution in [0.1, 0.15) is 5.69 Å². The van der Waals surface area contributed by atoms with Crippen LogP contribution in [0.15, 0.2) is 42.5 Å². The molecule has 0 saturated carbocycles. The molecular weight excluding hydrogens is 302 g/mol. The Morgan fingerprint density at radius 2 is 1.71 bits per heavy atom. The summed E-state index contributed by atoms with van der Waals surface area (Å²) in [6.07, 6.45) is 0. The number of ether oxygens (including phenoxy) is 2. The molecule has 5 heteroatoms. The average molecular weight is 319 g/mol. The highest BCUT2D eigenvalue weighted by Gasteiger charge is 2.15. The Morgan fingerprint density at radius 3 is 2.50 bits per heavy atom. The molecular formula is C19H17N3O2. The number of hydrogen-bond donors (Lipinski definition) is 1. The van der Waals surface area contributed by atoms with E-state index in [-0.39, 0.29) is 0 Å². The lowest BCUT2D eigenvalue weighted by Crippen LogP contribution is -1.92. The number of aryl methyl sites for hydroxylation is 1. The molecule has 2 heterocycles. The Kier molecular flexibility index (Phi) is 3.34. The second kappa shape index (κ2) is 5.53.